The number of hydrogen-bond acceptors (Lipinski definition) is 7. The second-order valence-electron chi connectivity index (χ2n) is 12.2. The molecule has 5 aromatic rings. The van der Waals surface area contributed by atoms with Crippen molar-refractivity contribution in [1.82, 2.24) is 24.3 Å². The van der Waals surface area contributed by atoms with Gasteiger partial charge >= 0.3 is 0 Å². The van der Waals surface area contributed by atoms with Gasteiger partial charge in [-0.25, -0.2) is 17.8 Å². The van der Waals surface area contributed by atoms with Crippen LogP contribution in [0.4, 0.5) is 10.1 Å². The van der Waals surface area contributed by atoms with E-state index in [-0.39, 0.29) is 55.8 Å². The molecule has 13 heteroatoms. The van der Waals surface area contributed by atoms with Gasteiger partial charge in [-0.05, 0) is 36.3 Å². The number of pyridine rings is 3. The van der Waals surface area contributed by atoms with E-state index in [1.807, 2.05) is 18.7 Å². The third kappa shape index (κ3) is 4.53. The van der Waals surface area contributed by atoms with E-state index in [4.69, 9.17) is 16.6 Å². The highest BCUT2D eigenvalue weighted by Crippen LogP contribution is 2.41. The molecule has 232 valence electrons. The Morgan fingerprint density at radius 2 is 1.87 bits per heavy atom. The monoisotopic (exact) mass is 648 g/mol. The number of nitrogens with zero attached hydrogens (tertiary/aromatic N) is 5. The molecular formula is C32H30ClFN6O4S. The number of fused-ring (bicyclic) bond motifs is 6. The van der Waals surface area contributed by atoms with E-state index in [1.54, 1.807) is 35.4 Å². The van der Waals surface area contributed by atoms with Crippen LogP contribution in [0.25, 0.3) is 38.5 Å². The first kappa shape index (κ1) is 29.4. The van der Waals surface area contributed by atoms with Gasteiger partial charge in [0.2, 0.25) is 5.91 Å². The van der Waals surface area contributed by atoms with Crippen molar-refractivity contribution < 1.29 is 17.6 Å². The summed E-state index contributed by atoms with van der Waals surface area (Å²) in [4.78, 5) is 43.0. The van der Waals surface area contributed by atoms with Gasteiger partial charge in [0, 0.05) is 55.9 Å². The van der Waals surface area contributed by atoms with Crippen LogP contribution in [0, 0.1) is 17.7 Å². The lowest BCUT2D eigenvalue weighted by molar-refractivity contribution is -0.125. The lowest BCUT2D eigenvalue weighted by atomic mass is 10.0. The molecule has 2 atom stereocenters. The fourth-order valence-electron chi connectivity index (χ4n) is 7.00. The van der Waals surface area contributed by atoms with Gasteiger partial charge in [-0.1, -0.05) is 38.1 Å². The Bertz CT molecular complexity index is 2300. The number of sulfone groups is 1. The largest absolute Gasteiger partial charge is 0.369 e. The molecule has 1 amide bonds. The number of H-pyrrole nitrogens is 1. The predicted molar refractivity (Wildman–Crippen MR) is 173 cm³/mol. The normalized spacial score (nSPS) is 18.5. The van der Waals surface area contributed by atoms with Crippen molar-refractivity contribution in [3.8, 4) is 0 Å². The molecule has 10 nitrogen and oxygen atoms in total. The molecule has 2 aliphatic rings. The van der Waals surface area contributed by atoms with Crippen molar-refractivity contribution in [3.63, 3.8) is 0 Å². The highest BCUT2D eigenvalue weighted by atomic mass is 35.5. The minimum Gasteiger partial charge on any atom is -0.369 e. The van der Waals surface area contributed by atoms with Gasteiger partial charge in [0.25, 0.3) is 5.56 Å². The fraction of sp³-hybridized carbons (Fsp3) is 0.312. The van der Waals surface area contributed by atoms with Crippen LogP contribution in [0.3, 0.4) is 0 Å². The summed E-state index contributed by atoms with van der Waals surface area (Å²) in [6, 6.07) is 7.80. The average molecular weight is 649 g/mol. The minimum atomic E-state index is -4.12. The van der Waals surface area contributed by atoms with Crippen LogP contribution in [0.5, 0.6) is 0 Å². The Morgan fingerprint density at radius 1 is 1.16 bits per heavy atom. The molecule has 4 aromatic heterocycles. The smallest absolute Gasteiger partial charge is 0.277 e. The van der Waals surface area contributed by atoms with Gasteiger partial charge < -0.3 is 14.8 Å². The second-order valence-corrected chi connectivity index (χ2v) is 14.5. The third-order valence-electron chi connectivity index (χ3n) is 8.94. The summed E-state index contributed by atoms with van der Waals surface area (Å²) in [6.45, 7) is 9.25. The Morgan fingerprint density at radius 3 is 2.51 bits per heavy atom. The molecule has 2 bridgehead atoms. The van der Waals surface area contributed by atoms with E-state index in [1.165, 1.54) is 16.5 Å². The summed E-state index contributed by atoms with van der Waals surface area (Å²) >= 11 is 6.88. The van der Waals surface area contributed by atoms with Gasteiger partial charge in [-0.3, -0.25) is 19.0 Å². The number of aromatic amines is 1. The predicted octanol–water partition coefficient (Wildman–Crippen LogP) is 4.84. The SMILES string of the molecule is C=CC(=O)N1C[C@@H]2CN(c3c(S(C)(=O)=O)c(=O)n4c5nc(c(Cl)cc35)c3c(F)cccc3[nH]c3ccnc(C(C)C)c34)C[C@@H]2C1. The lowest BCUT2D eigenvalue weighted by Crippen LogP contribution is -2.34. The van der Waals surface area contributed by atoms with Crippen LogP contribution in [0.15, 0.2) is 58.9 Å². The van der Waals surface area contributed by atoms with Gasteiger partial charge in [0.1, 0.15) is 5.82 Å². The molecule has 2 saturated heterocycles. The second kappa shape index (κ2) is 10.4. The maximum absolute atomic E-state index is 15.6. The molecule has 0 spiro atoms. The van der Waals surface area contributed by atoms with Gasteiger partial charge in [-0.2, -0.15) is 0 Å². The van der Waals surface area contributed by atoms with Gasteiger partial charge in [0.15, 0.2) is 20.4 Å². The molecule has 2 aliphatic heterocycles. The third-order valence-corrected chi connectivity index (χ3v) is 10.3. The quantitative estimate of drug-likeness (QED) is 0.277. The molecule has 1 N–H and O–H groups in total. The first-order chi connectivity index (χ1) is 21.4. The van der Waals surface area contributed by atoms with Crippen molar-refractivity contribution in [2.24, 2.45) is 11.8 Å². The number of anilines is 1. The van der Waals surface area contributed by atoms with E-state index in [0.717, 1.165) is 6.26 Å². The molecule has 7 rings (SSSR count). The Kier molecular flexibility index (Phi) is 6.79. The number of rotatable bonds is 4. The van der Waals surface area contributed by atoms with E-state index in [9.17, 15) is 18.0 Å². The number of carbonyl (C=O) groups excluding carboxylic acids is 1. The van der Waals surface area contributed by atoms with Crippen LogP contribution < -0.4 is 10.5 Å². The number of aromatic nitrogens is 4. The lowest BCUT2D eigenvalue weighted by Gasteiger charge is -2.26. The molecule has 1 aromatic carbocycles. The summed E-state index contributed by atoms with van der Waals surface area (Å²) in [6.07, 6.45) is 3.90. The van der Waals surface area contributed by atoms with E-state index in [2.05, 4.69) is 16.5 Å². The number of carbonyl (C=O) groups is 1. The van der Waals surface area contributed by atoms with Crippen molar-refractivity contribution in [3.05, 3.63) is 76.1 Å². The maximum atomic E-state index is 15.6. The number of hydrogen-bond donors (Lipinski definition) is 1. The zero-order chi connectivity index (χ0) is 31.9. The molecule has 0 unspecified atom stereocenters. The summed E-state index contributed by atoms with van der Waals surface area (Å²) in [5, 5.41) is 0.555. The number of halogens is 2. The van der Waals surface area contributed by atoms with Gasteiger partial charge in [0.05, 0.1) is 43.9 Å². The average Bonchev–Trinajstić information content (AvgIpc) is 3.56. The molecular weight excluding hydrogens is 619 g/mol. The van der Waals surface area contributed by atoms with Crippen molar-refractivity contribution in [2.75, 3.05) is 37.3 Å². The zero-order valence-electron chi connectivity index (χ0n) is 24.8. The van der Waals surface area contributed by atoms with Crippen LogP contribution in [0.2, 0.25) is 5.02 Å². The van der Waals surface area contributed by atoms with Crippen molar-refractivity contribution in [1.29, 1.82) is 0 Å². The highest BCUT2D eigenvalue weighted by Gasteiger charge is 2.43. The van der Waals surface area contributed by atoms with Crippen molar-refractivity contribution >= 4 is 71.5 Å². The van der Waals surface area contributed by atoms with Crippen LogP contribution in [-0.2, 0) is 14.6 Å². The zero-order valence-corrected chi connectivity index (χ0v) is 26.4. The molecule has 6 heterocycles. The fourth-order valence-corrected chi connectivity index (χ4v) is 8.25. The topological polar surface area (TPSA) is 121 Å². The maximum Gasteiger partial charge on any atom is 0.277 e. The Balaban J connectivity index is 1.67. The molecule has 0 aliphatic carbocycles. The van der Waals surface area contributed by atoms with E-state index in [0.29, 0.717) is 53.8 Å². The number of amides is 1. The molecule has 0 saturated carbocycles. The first-order valence-corrected chi connectivity index (χ1v) is 16.9. The summed E-state index contributed by atoms with van der Waals surface area (Å²) in [5.41, 5.74) is 1.33. The number of benzene rings is 1. The minimum absolute atomic E-state index is 0.0613. The number of nitrogens with one attached hydrogen (secondary N) is 1. The summed E-state index contributed by atoms with van der Waals surface area (Å²) in [5.74, 6) is -0.770. The summed E-state index contributed by atoms with van der Waals surface area (Å²) in [7, 11) is -4.12. The standard InChI is InChI=1S/C32H30ClFN6O4S/c1-5-24(41)38-12-17-14-39(15-18(17)13-38)28-19-11-20(33)27-25-21(34)7-6-8-22(25)36-23-9-10-35-26(16(2)3)29(23)40(31(19)37-27)32(42)30(28)45(4,43)44/h5-11,16-18,36H,1,12-15H2,2-4H3/t17-,18+. The van der Waals surface area contributed by atoms with Crippen LogP contribution >= 0.6 is 11.6 Å². The van der Waals surface area contributed by atoms with Crippen LogP contribution in [0.1, 0.15) is 25.5 Å². The molecule has 2 fully saturated rings. The number of likely N-dealkylation sites (tertiary alicyclic amines) is 1. The van der Waals surface area contributed by atoms with E-state index >= 15 is 4.39 Å². The van der Waals surface area contributed by atoms with Gasteiger partial charge in [-0.15, -0.1) is 0 Å². The Hall–Kier alpha value is -4.29. The van der Waals surface area contributed by atoms with E-state index < -0.39 is 21.2 Å². The summed E-state index contributed by atoms with van der Waals surface area (Å²) < 4.78 is 44.1. The first-order valence-electron chi connectivity index (χ1n) is 14.6. The Labute approximate surface area is 262 Å². The molecule has 0 radical (unpaired) electrons. The van der Waals surface area contributed by atoms with Crippen molar-refractivity contribution in [2.45, 2.75) is 24.7 Å². The molecule has 45 heavy (non-hydrogen) atoms. The van der Waals surface area contributed by atoms with Crippen LogP contribution in [-0.4, -0.2) is 71.0 Å². The highest BCUT2D eigenvalue weighted by molar-refractivity contribution is 7.90.